The smallest absolute Gasteiger partial charge is 0.301 e. The molecule has 1 N–H and O–H groups in total. The molecule has 0 radical (unpaired) electrons. The van der Waals surface area contributed by atoms with Crippen LogP contribution in [0.2, 0.25) is 5.02 Å². The Morgan fingerprint density at radius 1 is 1.17 bits per heavy atom. The maximum atomic E-state index is 12.8. The molecule has 0 aliphatic rings. The van der Waals surface area contributed by atoms with Gasteiger partial charge in [-0.1, -0.05) is 29.3 Å². The van der Waals surface area contributed by atoms with E-state index in [0.29, 0.717) is 17.6 Å². The van der Waals surface area contributed by atoms with Crippen LogP contribution >= 0.6 is 11.6 Å². The zero-order valence-corrected chi connectivity index (χ0v) is 16.6. The fourth-order valence-electron chi connectivity index (χ4n) is 2.46. The van der Waals surface area contributed by atoms with Gasteiger partial charge in [-0.05, 0) is 43.3 Å². The van der Waals surface area contributed by atoms with E-state index in [-0.39, 0.29) is 10.8 Å². The Morgan fingerprint density at radius 2 is 1.86 bits per heavy atom. The van der Waals surface area contributed by atoms with Gasteiger partial charge in [0, 0.05) is 23.8 Å². The van der Waals surface area contributed by atoms with Crippen LogP contribution in [0.15, 0.2) is 60.3 Å². The number of halogens is 4. The standard InChI is InChI=1S/C19H15ClF3N3O2S/c1-13-4-6-15(7-5-13)25-29(27,28)10-8-16-3-2-9-26(16)18-17(20)11-14(12-24-18)19(21,22)23/h2-12,25H,1H3/b10-8+. The minimum atomic E-state index is -4.57. The minimum absolute atomic E-state index is 0.0493. The number of hydrogen-bond donors (Lipinski definition) is 1. The van der Waals surface area contributed by atoms with Gasteiger partial charge in [0.2, 0.25) is 0 Å². The van der Waals surface area contributed by atoms with Crippen molar-refractivity contribution in [2.75, 3.05) is 4.72 Å². The molecule has 10 heteroatoms. The van der Waals surface area contributed by atoms with Gasteiger partial charge in [-0.25, -0.2) is 13.4 Å². The molecule has 0 unspecified atom stereocenters. The van der Waals surface area contributed by atoms with E-state index >= 15 is 0 Å². The number of rotatable bonds is 5. The van der Waals surface area contributed by atoms with E-state index in [1.165, 1.54) is 16.8 Å². The maximum Gasteiger partial charge on any atom is 0.417 e. The molecule has 0 aliphatic heterocycles. The van der Waals surface area contributed by atoms with E-state index in [1.54, 1.807) is 36.4 Å². The molecule has 29 heavy (non-hydrogen) atoms. The third-order valence-corrected chi connectivity index (χ3v) is 5.18. The molecule has 0 atom stereocenters. The van der Waals surface area contributed by atoms with Gasteiger partial charge in [-0.3, -0.25) is 4.72 Å². The highest BCUT2D eigenvalue weighted by molar-refractivity contribution is 7.95. The van der Waals surface area contributed by atoms with E-state index in [2.05, 4.69) is 9.71 Å². The SMILES string of the molecule is Cc1ccc(NS(=O)(=O)/C=C/c2cccn2-c2ncc(C(F)(F)F)cc2Cl)cc1. The summed E-state index contributed by atoms with van der Waals surface area (Å²) < 4.78 is 66.7. The number of anilines is 1. The van der Waals surface area contributed by atoms with Crippen LogP contribution < -0.4 is 4.72 Å². The number of sulfonamides is 1. The van der Waals surface area contributed by atoms with E-state index in [0.717, 1.165) is 17.0 Å². The number of aryl methyl sites for hydroxylation is 1. The van der Waals surface area contributed by atoms with Crippen LogP contribution in [0.4, 0.5) is 18.9 Å². The molecule has 5 nitrogen and oxygen atoms in total. The van der Waals surface area contributed by atoms with Crippen LogP contribution in [0.1, 0.15) is 16.8 Å². The van der Waals surface area contributed by atoms with Crippen LogP contribution in [0.3, 0.4) is 0 Å². The lowest BCUT2D eigenvalue weighted by atomic mass is 10.2. The van der Waals surface area contributed by atoms with Crippen molar-refractivity contribution in [3.8, 4) is 5.82 Å². The number of nitrogens with one attached hydrogen (secondary N) is 1. The zero-order chi connectivity index (χ0) is 21.2. The van der Waals surface area contributed by atoms with Gasteiger partial charge < -0.3 is 4.57 Å². The molecule has 0 bridgehead atoms. The average Bonchev–Trinajstić information content (AvgIpc) is 3.09. The lowest BCUT2D eigenvalue weighted by Gasteiger charge is -2.11. The van der Waals surface area contributed by atoms with Crippen LogP contribution in [0.25, 0.3) is 11.9 Å². The first-order valence-corrected chi connectivity index (χ1v) is 10.2. The van der Waals surface area contributed by atoms with Gasteiger partial charge >= 0.3 is 6.18 Å². The largest absolute Gasteiger partial charge is 0.417 e. The van der Waals surface area contributed by atoms with Crippen LogP contribution in [0.5, 0.6) is 0 Å². The fourth-order valence-corrected chi connectivity index (χ4v) is 3.57. The summed E-state index contributed by atoms with van der Waals surface area (Å²) >= 11 is 5.97. The summed E-state index contributed by atoms with van der Waals surface area (Å²) in [5, 5.41) is 0.739. The molecule has 152 valence electrons. The second kappa shape index (κ2) is 7.92. The van der Waals surface area contributed by atoms with Crippen molar-refractivity contribution in [3.05, 3.63) is 82.1 Å². The van der Waals surface area contributed by atoms with Gasteiger partial charge in [0.25, 0.3) is 10.0 Å². The first-order chi connectivity index (χ1) is 13.5. The van der Waals surface area contributed by atoms with Crippen LogP contribution in [-0.4, -0.2) is 18.0 Å². The molecule has 1 aromatic carbocycles. The van der Waals surface area contributed by atoms with Crippen molar-refractivity contribution in [2.45, 2.75) is 13.1 Å². The highest BCUT2D eigenvalue weighted by Crippen LogP contribution is 2.32. The minimum Gasteiger partial charge on any atom is -0.301 e. The second-order valence-corrected chi connectivity index (χ2v) is 8.12. The quantitative estimate of drug-likeness (QED) is 0.587. The maximum absolute atomic E-state index is 12.8. The number of nitrogens with zero attached hydrogens (tertiary/aromatic N) is 2. The summed E-state index contributed by atoms with van der Waals surface area (Å²) in [6.07, 6.45) is -1.08. The summed E-state index contributed by atoms with van der Waals surface area (Å²) in [4.78, 5) is 3.78. The Bertz CT molecular complexity index is 1150. The van der Waals surface area contributed by atoms with Gasteiger partial charge in [0.05, 0.1) is 16.0 Å². The van der Waals surface area contributed by atoms with Crippen molar-refractivity contribution in [3.63, 3.8) is 0 Å². The summed E-state index contributed by atoms with van der Waals surface area (Å²) in [6.45, 7) is 1.88. The molecule has 2 aromatic heterocycles. The highest BCUT2D eigenvalue weighted by Gasteiger charge is 2.31. The predicted molar refractivity (Wildman–Crippen MR) is 106 cm³/mol. The Morgan fingerprint density at radius 3 is 2.48 bits per heavy atom. The number of aromatic nitrogens is 2. The van der Waals surface area contributed by atoms with Crippen molar-refractivity contribution in [1.29, 1.82) is 0 Å². The molecule has 0 aliphatic carbocycles. The number of alkyl halides is 3. The third-order valence-electron chi connectivity index (χ3n) is 3.89. The first kappa shape index (κ1) is 20.9. The topological polar surface area (TPSA) is 64.0 Å². The van der Waals surface area contributed by atoms with Crippen LogP contribution in [0, 0.1) is 6.92 Å². The van der Waals surface area contributed by atoms with Gasteiger partial charge in [0.15, 0.2) is 5.82 Å². The van der Waals surface area contributed by atoms with Crippen molar-refractivity contribution >= 4 is 33.4 Å². The second-order valence-electron chi connectivity index (χ2n) is 6.15. The van der Waals surface area contributed by atoms with E-state index < -0.39 is 21.8 Å². The number of benzene rings is 1. The molecule has 0 fully saturated rings. The summed E-state index contributed by atoms with van der Waals surface area (Å²) in [7, 11) is -3.80. The molecule has 3 rings (SSSR count). The molecule has 0 spiro atoms. The van der Waals surface area contributed by atoms with Crippen molar-refractivity contribution < 1.29 is 21.6 Å². The molecule has 0 saturated carbocycles. The first-order valence-electron chi connectivity index (χ1n) is 8.23. The zero-order valence-electron chi connectivity index (χ0n) is 15.0. The Hall–Kier alpha value is -2.78. The lowest BCUT2D eigenvalue weighted by molar-refractivity contribution is -0.137. The number of hydrogen-bond acceptors (Lipinski definition) is 3. The fraction of sp³-hybridized carbons (Fsp3) is 0.105. The van der Waals surface area contributed by atoms with Crippen molar-refractivity contribution in [1.82, 2.24) is 9.55 Å². The van der Waals surface area contributed by atoms with Gasteiger partial charge in [-0.2, -0.15) is 13.2 Å². The summed E-state index contributed by atoms with van der Waals surface area (Å²) in [6, 6.07) is 10.7. The predicted octanol–water partition coefficient (Wildman–Crippen LogP) is 5.27. The molecular weight excluding hydrogens is 427 g/mol. The third kappa shape index (κ3) is 5.18. The monoisotopic (exact) mass is 441 g/mol. The van der Waals surface area contributed by atoms with E-state index in [4.69, 9.17) is 11.6 Å². The summed E-state index contributed by atoms with van der Waals surface area (Å²) in [5.41, 5.74) is 0.791. The van der Waals surface area contributed by atoms with Gasteiger partial charge in [-0.15, -0.1) is 0 Å². The van der Waals surface area contributed by atoms with E-state index in [9.17, 15) is 21.6 Å². The Balaban J connectivity index is 1.86. The lowest BCUT2D eigenvalue weighted by Crippen LogP contribution is -2.09. The average molecular weight is 442 g/mol. The molecular formula is C19H15ClF3N3O2S. The molecule has 2 heterocycles. The molecule has 3 aromatic rings. The van der Waals surface area contributed by atoms with Crippen LogP contribution in [-0.2, 0) is 16.2 Å². The van der Waals surface area contributed by atoms with Gasteiger partial charge in [0.1, 0.15) is 0 Å². The summed E-state index contributed by atoms with van der Waals surface area (Å²) in [5.74, 6) is 0.0493. The highest BCUT2D eigenvalue weighted by atomic mass is 35.5. The van der Waals surface area contributed by atoms with E-state index in [1.807, 2.05) is 6.92 Å². The Labute approximate surface area is 170 Å². The number of pyridine rings is 1. The van der Waals surface area contributed by atoms with Crippen molar-refractivity contribution in [2.24, 2.45) is 0 Å². The molecule has 0 amide bonds. The Kier molecular flexibility index (Phi) is 5.72. The normalized spacial score (nSPS) is 12.4. The molecule has 0 saturated heterocycles.